The second-order valence-electron chi connectivity index (χ2n) is 8.37. The van der Waals surface area contributed by atoms with Crippen molar-refractivity contribution in [3.05, 3.63) is 12.2 Å². The van der Waals surface area contributed by atoms with Gasteiger partial charge in [-0.1, -0.05) is 69.9 Å². The van der Waals surface area contributed by atoms with Crippen LogP contribution in [-0.2, 0) is 0 Å². The fourth-order valence-corrected chi connectivity index (χ4v) is 5.36. The first-order valence-electron chi connectivity index (χ1n) is 10.0. The van der Waals surface area contributed by atoms with Gasteiger partial charge in [0.25, 0.3) is 0 Å². The molecule has 3 aliphatic rings. The molecule has 0 heterocycles. The Bertz CT molecular complexity index is 286. The normalized spacial score (nSPS) is 28.0. The smallest absolute Gasteiger partial charge is 0.0322 e. The van der Waals surface area contributed by atoms with Crippen molar-refractivity contribution in [1.29, 1.82) is 0 Å². The van der Waals surface area contributed by atoms with Crippen LogP contribution >= 0.6 is 0 Å². The molecular formula is C21H36. The van der Waals surface area contributed by atoms with E-state index in [4.69, 9.17) is 0 Å². The lowest BCUT2D eigenvalue weighted by molar-refractivity contribution is 0.267. The molecule has 0 aliphatic heterocycles. The van der Waals surface area contributed by atoms with Gasteiger partial charge in [-0.05, 0) is 62.2 Å². The van der Waals surface area contributed by atoms with Gasteiger partial charge < -0.3 is 0 Å². The van der Waals surface area contributed by atoms with Crippen LogP contribution in [0.3, 0.4) is 0 Å². The summed E-state index contributed by atoms with van der Waals surface area (Å²) in [4.78, 5) is 0. The first-order chi connectivity index (χ1) is 10.4. The van der Waals surface area contributed by atoms with Crippen LogP contribution in [0.15, 0.2) is 12.2 Å². The third-order valence-corrected chi connectivity index (χ3v) is 6.64. The van der Waals surface area contributed by atoms with E-state index in [0.29, 0.717) is 0 Å². The van der Waals surface area contributed by atoms with Crippen molar-refractivity contribution in [2.24, 2.45) is 23.7 Å². The van der Waals surface area contributed by atoms with E-state index in [1.54, 1.807) is 44.9 Å². The molecule has 3 aliphatic carbocycles. The molecule has 1 atom stereocenters. The van der Waals surface area contributed by atoms with Gasteiger partial charge in [-0.25, -0.2) is 0 Å². The van der Waals surface area contributed by atoms with Crippen molar-refractivity contribution in [3.63, 3.8) is 0 Å². The number of hydrogen-bond acceptors (Lipinski definition) is 0. The maximum Gasteiger partial charge on any atom is -0.0322 e. The van der Waals surface area contributed by atoms with E-state index >= 15 is 0 Å². The molecule has 0 bridgehead atoms. The lowest BCUT2D eigenvalue weighted by Gasteiger charge is -2.26. The molecule has 2 fully saturated rings. The quantitative estimate of drug-likeness (QED) is 0.447. The van der Waals surface area contributed by atoms with Gasteiger partial charge in [-0.2, -0.15) is 0 Å². The minimum Gasteiger partial charge on any atom is -0.0885 e. The molecule has 3 rings (SSSR count). The molecule has 0 spiro atoms. The van der Waals surface area contributed by atoms with E-state index in [1.807, 2.05) is 0 Å². The average Bonchev–Trinajstić information content (AvgIpc) is 3.20. The minimum atomic E-state index is 1.02. The Morgan fingerprint density at radius 3 is 1.86 bits per heavy atom. The molecule has 21 heavy (non-hydrogen) atoms. The molecule has 0 aromatic heterocycles. The predicted octanol–water partition coefficient (Wildman–Crippen LogP) is 6.90. The summed E-state index contributed by atoms with van der Waals surface area (Å²) in [5.41, 5.74) is 0. The summed E-state index contributed by atoms with van der Waals surface area (Å²) in [6.45, 7) is 0. The van der Waals surface area contributed by atoms with Crippen LogP contribution in [0.1, 0.15) is 96.3 Å². The largest absolute Gasteiger partial charge is 0.0885 e. The summed E-state index contributed by atoms with van der Waals surface area (Å²) in [5, 5.41) is 0. The van der Waals surface area contributed by atoms with Crippen molar-refractivity contribution in [1.82, 2.24) is 0 Å². The van der Waals surface area contributed by atoms with E-state index < -0.39 is 0 Å². The summed E-state index contributed by atoms with van der Waals surface area (Å²) in [7, 11) is 0. The monoisotopic (exact) mass is 288 g/mol. The van der Waals surface area contributed by atoms with Crippen molar-refractivity contribution in [3.8, 4) is 0 Å². The molecule has 0 amide bonds. The summed E-state index contributed by atoms with van der Waals surface area (Å²) in [6, 6.07) is 0. The molecule has 1 unspecified atom stereocenters. The van der Waals surface area contributed by atoms with Crippen LogP contribution in [-0.4, -0.2) is 0 Å². The van der Waals surface area contributed by atoms with Crippen LogP contribution in [0, 0.1) is 23.7 Å². The fraction of sp³-hybridized carbons (Fsp3) is 0.905. The summed E-state index contributed by atoms with van der Waals surface area (Å²) in [5.74, 6) is 4.29. The topological polar surface area (TPSA) is 0 Å². The number of rotatable bonds is 7. The maximum atomic E-state index is 2.44. The molecule has 120 valence electrons. The Labute approximate surface area is 132 Å². The average molecular weight is 289 g/mol. The van der Waals surface area contributed by atoms with Crippen molar-refractivity contribution >= 4 is 0 Å². The van der Waals surface area contributed by atoms with E-state index in [0.717, 1.165) is 23.7 Å². The van der Waals surface area contributed by atoms with Crippen LogP contribution < -0.4 is 0 Å². The predicted molar refractivity (Wildman–Crippen MR) is 92.4 cm³/mol. The zero-order chi connectivity index (χ0) is 14.3. The zero-order valence-corrected chi connectivity index (χ0v) is 14.1. The molecule has 0 saturated heterocycles. The molecule has 0 aromatic carbocycles. The van der Waals surface area contributed by atoms with Gasteiger partial charge in [0, 0.05) is 0 Å². The van der Waals surface area contributed by atoms with E-state index in [2.05, 4.69) is 12.2 Å². The Morgan fingerprint density at radius 1 is 0.714 bits per heavy atom. The maximum absolute atomic E-state index is 2.44. The van der Waals surface area contributed by atoms with Gasteiger partial charge in [0.05, 0.1) is 0 Å². The summed E-state index contributed by atoms with van der Waals surface area (Å²) >= 11 is 0. The third kappa shape index (κ3) is 5.15. The molecule has 2 saturated carbocycles. The van der Waals surface area contributed by atoms with Gasteiger partial charge in [-0.3, -0.25) is 0 Å². The second-order valence-corrected chi connectivity index (χ2v) is 8.37. The fourth-order valence-electron chi connectivity index (χ4n) is 5.36. The Kier molecular flexibility index (Phi) is 6.25. The third-order valence-electron chi connectivity index (χ3n) is 6.64. The Hall–Kier alpha value is -0.260. The van der Waals surface area contributed by atoms with E-state index in [1.165, 1.54) is 51.4 Å². The van der Waals surface area contributed by atoms with Crippen molar-refractivity contribution in [2.45, 2.75) is 96.3 Å². The highest BCUT2D eigenvalue weighted by Gasteiger charge is 2.25. The first-order valence-corrected chi connectivity index (χ1v) is 10.0. The number of allylic oxidation sites excluding steroid dienone is 2. The highest BCUT2D eigenvalue weighted by molar-refractivity contribution is 4.90. The molecular weight excluding hydrogens is 252 g/mol. The highest BCUT2D eigenvalue weighted by Crippen LogP contribution is 2.39. The lowest BCUT2D eigenvalue weighted by Crippen LogP contribution is -2.13. The Balaban J connectivity index is 1.45. The van der Waals surface area contributed by atoms with Crippen LogP contribution in [0.5, 0.6) is 0 Å². The SMILES string of the molecule is C1=CCC(CCC(CC2CCCC2)CC2CCCC2)CC1. The van der Waals surface area contributed by atoms with Crippen molar-refractivity contribution < 1.29 is 0 Å². The minimum absolute atomic E-state index is 1.02. The van der Waals surface area contributed by atoms with Gasteiger partial charge in [0.2, 0.25) is 0 Å². The van der Waals surface area contributed by atoms with Crippen molar-refractivity contribution in [2.75, 3.05) is 0 Å². The Morgan fingerprint density at radius 2 is 1.33 bits per heavy atom. The lowest BCUT2D eigenvalue weighted by atomic mass is 9.80. The van der Waals surface area contributed by atoms with Crippen LogP contribution in [0.2, 0.25) is 0 Å². The number of hydrogen-bond donors (Lipinski definition) is 0. The van der Waals surface area contributed by atoms with Gasteiger partial charge in [0.1, 0.15) is 0 Å². The van der Waals surface area contributed by atoms with Crippen LogP contribution in [0.4, 0.5) is 0 Å². The molecule has 0 nitrogen and oxygen atoms in total. The highest BCUT2D eigenvalue weighted by atomic mass is 14.3. The van der Waals surface area contributed by atoms with E-state index in [9.17, 15) is 0 Å². The van der Waals surface area contributed by atoms with E-state index in [-0.39, 0.29) is 0 Å². The van der Waals surface area contributed by atoms with Gasteiger partial charge >= 0.3 is 0 Å². The second kappa shape index (κ2) is 8.39. The summed E-state index contributed by atoms with van der Waals surface area (Å²) in [6.07, 6.45) is 27.5. The van der Waals surface area contributed by atoms with Gasteiger partial charge in [0.15, 0.2) is 0 Å². The molecule has 0 N–H and O–H groups in total. The molecule has 0 aromatic rings. The standard InChI is InChI=1S/C21H36/c1-2-8-18(9-3-1)14-15-21(16-19-10-4-5-11-19)17-20-12-6-7-13-20/h1-2,18-21H,3-17H2. The molecule has 0 heteroatoms. The molecule has 0 radical (unpaired) electrons. The van der Waals surface area contributed by atoms with Gasteiger partial charge in [-0.15, -0.1) is 0 Å². The first kappa shape index (κ1) is 15.6. The van der Waals surface area contributed by atoms with Crippen LogP contribution in [0.25, 0.3) is 0 Å². The summed E-state index contributed by atoms with van der Waals surface area (Å²) < 4.78 is 0. The zero-order valence-electron chi connectivity index (χ0n) is 14.1.